The molecule has 0 bridgehead atoms. The van der Waals surface area contributed by atoms with E-state index in [1.54, 1.807) is 11.0 Å². The highest BCUT2D eigenvalue weighted by atomic mass is 79.9. The van der Waals surface area contributed by atoms with Crippen LogP contribution in [-0.2, 0) is 14.3 Å². The summed E-state index contributed by atoms with van der Waals surface area (Å²) < 4.78 is 5.69. The minimum atomic E-state index is -0.412. The largest absolute Gasteiger partial charge is 0.469 e. The number of hydrogen-bond acceptors (Lipinski definition) is 4. The van der Waals surface area contributed by atoms with Gasteiger partial charge in [-0.25, -0.2) is 4.98 Å². The van der Waals surface area contributed by atoms with Gasteiger partial charge in [-0.3, -0.25) is 14.5 Å². The molecule has 0 N–H and O–H groups in total. The average molecular weight is 349 g/mol. The summed E-state index contributed by atoms with van der Waals surface area (Å²) in [6.45, 7) is 0.320. The molecule has 1 saturated heterocycles. The van der Waals surface area contributed by atoms with Crippen LogP contribution in [-0.4, -0.2) is 30.5 Å². The first-order chi connectivity index (χ1) is 10.1. The molecule has 1 aliphatic rings. The van der Waals surface area contributed by atoms with E-state index in [-0.39, 0.29) is 18.3 Å². The van der Waals surface area contributed by atoms with Crippen LogP contribution in [0.2, 0.25) is 0 Å². The molecule has 2 aromatic rings. The summed E-state index contributed by atoms with van der Waals surface area (Å²) in [7, 11) is 1.33. The molecular formula is C15H13BrN2O3. The number of aromatic nitrogens is 1. The first-order valence-electron chi connectivity index (χ1n) is 6.53. The normalized spacial score (nSPS) is 18.3. The van der Waals surface area contributed by atoms with E-state index < -0.39 is 5.92 Å². The molecule has 0 radical (unpaired) electrons. The van der Waals surface area contributed by atoms with Crippen LogP contribution < -0.4 is 4.90 Å². The molecule has 3 rings (SSSR count). The Labute approximate surface area is 130 Å². The van der Waals surface area contributed by atoms with Gasteiger partial charge in [-0.05, 0) is 30.3 Å². The predicted molar refractivity (Wildman–Crippen MR) is 81.9 cm³/mol. The molecule has 1 atom stereocenters. The molecule has 108 valence electrons. The molecule has 1 fully saturated rings. The monoisotopic (exact) mass is 348 g/mol. The Morgan fingerprint density at radius 2 is 2.19 bits per heavy atom. The molecule has 1 aromatic carbocycles. The van der Waals surface area contributed by atoms with Gasteiger partial charge in [0.05, 0.1) is 18.5 Å². The molecule has 0 saturated carbocycles. The second-order valence-corrected chi connectivity index (χ2v) is 5.85. The summed E-state index contributed by atoms with van der Waals surface area (Å²) in [5.41, 5.74) is 0.810. The Hall–Kier alpha value is -1.95. The van der Waals surface area contributed by atoms with Gasteiger partial charge < -0.3 is 4.74 Å². The van der Waals surface area contributed by atoms with E-state index in [1.165, 1.54) is 7.11 Å². The van der Waals surface area contributed by atoms with Crippen LogP contribution in [0.5, 0.6) is 0 Å². The Morgan fingerprint density at radius 1 is 1.38 bits per heavy atom. The van der Waals surface area contributed by atoms with Crippen molar-refractivity contribution in [3.05, 3.63) is 34.8 Å². The number of anilines is 1. The van der Waals surface area contributed by atoms with Gasteiger partial charge in [-0.1, -0.05) is 15.9 Å². The molecule has 0 aliphatic carbocycles. The molecular weight excluding hydrogens is 336 g/mol. The maximum Gasteiger partial charge on any atom is 0.311 e. The lowest BCUT2D eigenvalue weighted by molar-refractivity contribution is -0.145. The van der Waals surface area contributed by atoms with Gasteiger partial charge >= 0.3 is 5.97 Å². The van der Waals surface area contributed by atoms with Crippen molar-refractivity contribution < 1.29 is 14.3 Å². The first kappa shape index (κ1) is 14.0. The number of hydrogen-bond donors (Lipinski definition) is 0. The fraction of sp³-hybridized carbons (Fsp3) is 0.267. The van der Waals surface area contributed by atoms with Crippen LogP contribution in [0.1, 0.15) is 6.42 Å². The number of amides is 1. The van der Waals surface area contributed by atoms with E-state index in [4.69, 9.17) is 4.74 Å². The van der Waals surface area contributed by atoms with E-state index in [2.05, 4.69) is 20.9 Å². The quantitative estimate of drug-likeness (QED) is 0.782. The number of ether oxygens (including phenoxy) is 1. The van der Waals surface area contributed by atoms with E-state index >= 15 is 0 Å². The number of esters is 1. The van der Waals surface area contributed by atoms with Crippen LogP contribution in [0.4, 0.5) is 5.82 Å². The SMILES string of the molecule is COC(=O)C1CC(=O)N(c2ccc3cc(Br)ccc3n2)C1. The number of fused-ring (bicyclic) bond motifs is 1. The number of nitrogens with zero attached hydrogens (tertiary/aromatic N) is 2. The summed E-state index contributed by atoms with van der Waals surface area (Å²) >= 11 is 3.41. The number of pyridine rings is 1. The molecule has 0 spiro atoms. The highest BCUT2D eigenvalue weighted by Crippen LogP contribution is 2.27. The van der Waals surface area contributed by atoms with Crippen molar-refractivity contribution in [3.63, 3.8) is 0 Å². The van der Waals surface area contributed by atoms with Crippen molar-refractivity contribution in [1.82, 2.24) is 4.98 Å². The van der Waals surface area contributed by atoms with Gasteiger partial charge in [0.1, 0.15) is 5.82 Å². The highest BCUT2D eigenvalue weighted by Gasteiger charge is 2.36. The lowest BCUT2D eigenvalue weighted by Gasteiger charge is -2.15. The number of halogens is 1. The van der Waals surface area contributed by atoms with E-state index in [0.29, 0.717) is 12.4 Å². The Morgan fingerprint density at radius 3 is 2.95 bits per heavy atom. The number of carbonyl (C=O) groups is 2. The number of benzene rings is 1. The van der Waals surface area contributed by atoms with Gasteiger partial charge in [0.2, 0.25) is 5.91 Å². The van der Waals surface area contributed by atoms with Crippen LogP contribution >= 0.6 is 15.9 Å². The fourth-order valence-corrected chi connectivity index (χ4v) is 2.87. The first-order valence-corrected chi connectivity index (χ1v) is 7.32. The minimum absolute atomic E-state index is 0.102. The van der Waals surface area contributed by atoms with Crippen LogP contribution in [0.15, 0.2) is 34.8 Å². The summed E-state index contributed by atoms with van der Waals surface area (Å²) in [5, 5.41) is 0.990. The van der Waals surface area contributed by atoms with Crippen molar-refractivity contribution >= 4 is 44.5 Å². The van der Waals surface area contributed by atoms with Crippen molar-refractivity contribution in [1.29, 1.82) is 0 Å². The maximum atomic E-state index is 12.1. The Balaban J connectivity index is 1.92. The molecule has 1 aromatic heterocycles. The van der Waals surface area contributed by atoms with E-state index in [1.807, 2.05) is 24.3 Å². The molecule has 1 amide bonds. The molecule has 5 nitrogen and oxygen atoms in total. The average Bonchev–Trinajstić information content (AvgIpc) is 2.88. The third-order valence-electron chi connectivity index (χ3n) is 3.57. The topological polar surface area (TPSA) is 59.5 Å². The number of methoxy groups -OCH3 is 1. The van der Waals surface area contributed by atoms with Gasteiger partial charge in [0, 0.05) is 22.8 Å². The maximum absolute atomic E-state index is 12.1. The van der Waals surface area contributed by atoms with Crippen molar-refractivity contribution in [2.24, 2.45) is 5.92 Å². The van der Waals surface area contributed by atoms with Gasteiger partial charge in [0.15, 0.2) is 0 Å². The van der Waals surface area contributed by atoms with Crippen LogP contribution in [0, 0.1) is 5.92 Å². The molecule has 6 heteroatoms. The smallest absolute Gasteiger partial charge is 0.311 e. The summed E-state index contributed by atoms with van der Waals surface area (Å²) in [6.07, 6.45) is 0.173. The minimum Gasteiger partial charge on any atom is -0.469 e. The zero-order valence-corrected chi connectivity index (χ0v) is 13.0. The second kappa shape index (κ2) is 5.44. The summed E-state index contributed by atoms with van der Waals surface area (Å²) in [4.78, 5) is 29.7. The molecule has 1 aliphatic heterocycles. The Bertz CT molecular complexity index is 732. The van der Waals surface area contributed by atoms with Crippen molar-refractivity contribution in [3.8, 4) is 0 Å². The van der Waals surface area contributed by atoms with Crippen molar-refractivity contribution in [2.75, 3.05) is 18.6 Å². The van der Waals surface area contributed by atoms with Gasteiger partial charge in [0.25, 0.3) is 0 Å². The predicted octanol–water partition coefficient (Wildman–Crippen LogP) is 2.52. The van der Waals surface area contributed by atoms with Gasteiger partial charge in [-0.15, -0.1) is 0 Å². The standard InChI is InChI=1S/C15H13BrN2O3/c1-21-15(20)10-7-14(19)18(8-10)13-5-2-9-6-11(16)3-4-12(9)17-13/h2-6,10H,7-8H2,1H3. The summed E-state index contributed by atoms with van der Waals surface area (Å²) in [6, 6.07) is 9.48. The molecule has 1 unspecified atom stereocenters. The zero-order valence-electron chi connectivity index (χ0n) is 11.4. The zero-order chi connectivity index (χ0) is 15.0. The lowest BCUT2D eigenvalue weighted by Crippen LogP contribution is -2.26. The number of rotatable bonds is 2. The summed E-state index contributed by atoms with van der Waals surface area (Å²) in [5.74, 6) is -0.295. The third-order valence-corrected chi connectivity index (χ3v) is 4.07. The Kier molecular flexibility index (Phi) is 3.63. The van der Waals surface area contributed by atoms with Crippen molar-refractivity contribution in [2.45, 2.75) is 6.42 Å². The van der Waals surface area contributed by atoms with Crippen LogP contribution in [0.25, 0.3) is 10.9 Å². The fourth-order valence-electron chi connectivity index (χ4n) is 2.49. The number of carbonyl (C=O) groups excluding carboxylic acids is 2. The van der Waals surface area contributed by atoms with Crippen LogP contribution in [0.3, 0.4) is 0 Å². The third kappa shape index (κ3) is 2.63. The second-order valence-electron chi connectivity index (χ2n) is 4.94. The lowest BCUT2D eigenvalue weighted by atomic mass is 10.1. The van der Waals surface area contributed by atoms with E-state index in [0.717, 1.165) is 15.4 Å². The molecule has 21 heavy (non-hydrogen) atoms. The van der Waals surface area contributed by atoms with E-state index in [9.17, 15) is 9.59 Å². The highest BCUT2D eigenvalue weighted by molar-refractivity contribution is 9.10. The molecule has 2 heterocycles. The van der Waals surface area contributed by atoms with Gasteiger partial charge in [-0.2, -0.15) is 0 Å².